The normalized spacial score (nSPS) is 23.2. The lowest BCUT2D eigenvalue weighted by Crippen LogP contribution is -2.57. The molecule has 0 unspecified atom stereocenters. The molecule has 0 aliphatic carbocycles. The number of likely N-dealkylation sites (tertiary alicyclic amines) is 2. The summed E-state index contributed by atoms with van der Waals surface area (Å²) in [6, 6.07) is 4.45. The number of aromatic nitrogens is 2. The molecular formula is C19H24N4O2S. The zero-order chi connectivity index (χ0) is 18.1. The van der Waals surface area contributed by atoms with Crippen LogP contribution in [-0.2, 0) is 11.2 Å². The Morgan fingerprint density at radius 3 is 3.04 bits per heavy atom. The Morgan fingerprint density at radius 2 is 2.31 bits per heavy atom. The molecule has 1 N–H and O–H groups in total. The third kappa shape index (κ3) is 3.28. The molecule has 2 amide bonds. The van der Waals surface area contributed by atoms with Crippen LogP contribution in [-0.4, -0.2) is 57.3 Å². The summed E-state index contributed by atoms with van der Waals surface area (Å²) in [5.41, 5.74) is 1.33. The van der Waals surface area contributed by atoms with Crippen molar-refractivity contribution in [2.75, 3.05) is 19.6 Å². The zero-order valence-corrected chi connectivity index (χ0v) is 15.8. The van der Waals surface area contributed by atoms with Gasteiger partial charge in [-0.05, 0) is 43.6 Å². The first-order valence-corrected chi connectivity index (χ1v) is 10.1. The van der Waals surface area contributed by atoms with Gasteiger partial charge in [0.1, 0.15) is 5.69 Å². The Balaban J connectivity index is 1.42. The topological polar surface area (TPSA) is 69.3 Å². The molecule has 7 heteroatoms. The molecule has 2 aromatic heterocycles. The van der Waals surface area contributed by atoms with Crippen LogP contribution in [0.5, 0.6) is 0 Å². The number of nitrogens with zero attached hydrogens (tertiary/aromatic N) is 3. The minimum absolute atomic E-state index is 0.00392. The van der Waals surface area contributed by atoms with Gasteiger partial charge in [-0.25, -0.2) is 4.98 Å². The Bertz CT molecular complexity index is 785. The number of hydrogen-bond acceptors (Lipinski definition) is 4. The highest BCUT2D eigenvalue weighted by atomic mass is 32.1. The van der Waals surface area contributed by atoms with Gasteiger partial charge in [0.25, 0.3) is 5.91 Å². The van der Waals surface area contributed by atoms with Crippen LogP contribution >= 0.6 is 11.3 Å². The number of carbonyl (C=O) groups excluding carboxylic acids is 2. The second kappa shape index (κ2) is 7.23. The van der Waals surface area contributed by atoms with E-state index in [1.807, 2.05) is 11.8 Å². The second-order valence-corrected chi connectivity index (χ2v) is 8.23. The fraction of sp³-hybridized carbons (Fsp3) is 0.526. The molecule has 2 fully saturated rings. The van der Waals surface area contributed by atoms with Crippen molar-refractivity contribution in [2.45, 2.75) is 38.6 Å². The minimum atomic E-state index is 0.00392. The summed E-state index contributed by atoms with van der Waals surface area (Å²) >= 11 is 1.75. The second-order valence-electron chi connectivity index (χ2n) is 7.20. The van der Waals surface area contributed by atoms with Gasteiger partial charge in [0.2, 0.25) is 5.91 Å². The zero-order valence-electron chi connectivity index (χ0n) is 15.0. The van der Waals surface area contributed by atoms with Crippen molar-refractivity contribution in [3.8, 4) is 0 Å². The summed E-state index contributed by atoms with van der Waals surface area (Å²) in [5.74, 6) is 0.642. The molecule has 2 saturated heterocycles. The molecular weight excluding hydrogens is 348 g/mol. The van der Waals surface area contributed by atoms with Crippen LogP contribution in [0.2, 0.25) is 0 Å². The maximum Gasteiger partial charge on any atom is 0.274 e. The van der Waals surface area contributed by atoms with Crippen molar-refractivity contribution in [1.82, 2.24) is 19.8 Å². The van der Waals surface area contributed by atoms with Gasteiger partial charge >= 0.3 is 0 Å². The van der Waals surface area contributed by atoms with Crippen LogP contribution in [0.25, 0.3) is 0 Å². The molecule has 4 heterocycles. The first kappa shape index (κ1) is 17.3. The molecule has 138 valence electrons. The highest BCUT2D eigenvalue weighted by Gasteiger charge is 2.40. The summed E-state index contributed by atoms with van der Waals surface area (Å²) in [4.78, 5) is 37.7. The summed E-state index contributed by atoms with van der Waals surface area (Å²) in [5, 5.41) is 2.08. The molecule has 6 nitrogen and oxygen atoms in total. The largest absolute Gasteiger partial charge is 0.348 e. The molecule has 0 aromatic carbocycles. The summed E-state index contributed by atoms with van der Waals surface area (Å²) in [6.07, 6.45) is 4.82. The quantitative estimate of drug-likeness (QED) is 0.896. The smallest absolute Gasteiger partial charge is 0.274 e. The van der Waals surface area contributed by atoms with Crippen LogP contribution in [0.15, 0.2) is 23.8 Å². The Kier molecular flexibility index (Phi) is 4.80. The number of imidazole rings is 1. The molecule has 0 bridgehead atoms. The predicted molar refractivity (Wildman–Crippen MR) is 100 cm³/mol. The number of fused-ring (bicyclic) bond motifs is 1. The van der Waals surface area contributed by atoms with E-state index in [-0.39, 0.29) is 17.9 Å². The molecule has 2 aliphatic rings. The molecule has 0 radical (unpaired) electrons. The van der Waals surface area contributed by atoms with Gasteiger partial charge in [-0.15, -0.1) is 11.3 Å². The van der Waals surface area contributed by atoms with E-state index in [0.717, 1.165) is 38.0 Å². The van der Waals surface area contributed by atoms with E-state index in [9.17, 15) is 9.59 Å². The standard InChI is InChI=1S/C19H24N4O2S/c1-13-18(21-12-20-13)19(25)22-8-7-16-14(11-22)4-5-17(24)23(16)9-6-15-3-2-10-26-15/h2-3,10,12,14,16H,4-9,11H2,1H3,(H,20,21)/t14-,16+/m0/s1. The van der Waals surface area contributed by atoms with E-state index in [0.29, 0.717) is 24.6 Å². The van der Waals surface area contributed by atoms with Crippen molar-refractivity contribution < 1.29 is 9.59 Å². The third-order valence-corrected chi connectivity index (χ3v) is 6.58. The summed E-state index contributed by atoms with van der Waals surface area (Å²) < 4.78 is 0. The Morgan fingerprint density at radius 1 is 1.42 bits per heavy atom. The van der Waals surface area contributed by atoms with Crippen LogP contribution < -0.4 is 0 Å². The number of carbonyl (C=O) groups is 2. The van der Waals surface area contributed by atoms with Crippen molar-refractivity contribution in [2.24, 2.45) is 5.92 Å². The molecule has 2 atom stereocenters. The van der Waals surface area contributed by atoms with Crippen LogP contribution in [0.1, 0.15) is 40.3 Å². The van der Waals surface area contributed by atoms with E-state index in [1.54, 1.807) is 17.7 Å². The van der Waals surface area contributed by atoms with E-state index in [2.05, 4.69) is 32.4 Å². The van der Waals surface area contributed by atoms with Crippen LogP contribution in [0.3, 0.4) is 0 Å². The van der Waals surface area contributed by atoms with E-state index in [4.69, 9.17) is 0 Å². The van der Waals surface area contributed by atoms with Crippen LogP contribution in [0, 0.1) is 12.8 Å². The molecule has 0 saturated carbocycles. The Hall–Kier alpha value is -2.15. The SMILES string of the molecule is Cc1[nH]cnc1C(=O)N1CC[C@@H]2[C@@H](CCC(=O)N2CCc2cccs2)C1. The van der Waals surface area contributed by atoms with Gasteiger partial charge in [-0.3, -0.25) is 9.59 Å². The van der Waals surface area contributed by atoms with Crippen molar-refractivity contribution >= 4 is 23.2 Å². The summed E-state index contributed by atoms with van der Waals surface area (Å²) in [6.45, 7) is 4.07. The molecule has 0 spiro atoms. The highest BCUT2D eigenvalue weighted by molar-refractivity contribution is 7.09. The van der Waals surface area contributed by atoms with E-state index >= 15 is 0 Å². The monoisotopic (exact) mass is 372 g/mol. The van der Waals surface area contributed by atoms with Gasteiger partial charge < -0.3 is 14.8 Å². The maximum atomic E-state index is 12.7. The third-order valence-electron chi connectivity index (χ3n) is 5.64. The number of piperidine rings is 2. The van der Waals surface area contributed by atoms with Crippen molar-refractivity contribution in [3.05, 3.63) is 40.1 Å². The average Bonchev–Trinajstić information content (AvgIpc) is 3.31. The number of nitrogens with one attached hydrogen (secondary N) is 1. The molecule has 4 rings (SSSR count). The van der Waals surface area contributed by atoms with Crippen molar-refractivity contribution in [3.63, 3.8) is 0 Å². The lowest BCUT2D eigenvalue weighted by molar-refractivity contribution is -0.140. The van der Waals surface area contributed by atoms with Gasteiger partial charge in [0.05, 0.1) is 6.33 Å². The number of rotatable bonds is 4. The highest BCUT2D eigenvalue weighted by Crippen LogP contribution is 2.32. The number of H-pyrrole nitrogens is 1. The van der Waals surface area contributed by atoms with E-state index < -0.39 is 0 Å². The van der Waals surface area contributed by atoms with Gasteiger partial charge in [0.15, 0.2) is 0 Å². The first-order valence-electron chi connectivity index (χ1n) is 9.24. The number of hydrogen-bond donors (Lipinski definition) is 1. The van der Waals surface area contributed by atoms with Gasteiger partial charge in [-0.1, -0.05) is 6.07 Å². The lowest BCUT2D eigenvalue weighted by Gasteiger charge is -2.47. The minimum Gasteiger partial charge on any atom is -0.348 e. The number of thiophene rings is 1. The fourth-order valence-corrected chi connectivity index (χ4v) is 4.93. The maximum absolute atomic E-state index is 12.7. The van der Waals surface area contributed by atoms with Crippen LogP contribution in [0.4, 0.5) is 0 Å². The number of aromatic amines is 1. The predicted octanol–water partition coefficient (Wildman–Crippen LogP) is 2.48. The Labute approximate surface area is 157 Å². The molecule has 26 heavy (non-hydrogen) atoms. The average molecular weight is 372 g/mol. The number of amides is 2. The number of aryl methyl sites for hydroxylation is 1. The first-order chi connectivity index (χ1) is 12.6. The van der Waals surface area contributed by atoms with Gasteiger partial charge in [0, 0.05) is 42.7 Å². The van der Waals surface area contributed by atoms with Crippen molar-refractivity contribution in [1.29, 1.82) is 0 Å². The molecule has 2 aromatic rings. The molecule has 2 aliphatic heterocycles. The van der Waals surface area contributed by atoms with E-state index in [1.165, 1.54) is 4.88 Å². The fourth-order valence-electron chi connectivity index (χ4n) is 4.24. The van der Waals surface area contributed by atoms with Gasteiger partial charge in [-0.2, -0.15) is 0 Å². The lowest BCUT2D eigenvalue weighted by atomic mass is 9.83. The summed E-state index contributed by atoms with van der Waals surface area (Å²) in [7, 11) is 0.